The minimum atomic E-state index is -1.03. The van der Waals surface area contributed by atoms with Gasteiger partial charge in [-0.05, 0) is 18.8 Å². The Balaban J connectivity index is 1.70. The number of likely N-dealkylation sites (tertiary alicyclic amines) is 1. The van der Waals surface area contributed by atoms with Gasteiger partial charge >= 0.3 is 12.0 Å². The molecule has 2 rings (SSSR count). The van der Waals surface area contributed by atoms with Crippen LogP contribution in [-0.4, -0.2) is 58.3 Å². The zero-order chi connectivity index (χ0) is 15.2. The molecule has 0 saturated carbocycles. The average Bonchev–Trinajstić information content (AvgIpc) is 3.08. The van der Waals surface area contributed by atoms with Gasteiger partial charge in [-0.15, -0.1) is 11.3 Å². The molecule has 2 heterocycles. The van der Waals surface area contributed by atoms with E-state index in [0.29, 0.717) is 30.4 Å². The number of hydrogen-bond donors (Lipinski definition) is 3. The number of aromatic carboxylic acids is 1. The molecule has 3 N–H and O–H groups in total. The van der Waals surface area contributed by atoms with Crippen LogP contribution in [-0.2, 0) is 6.42 Å². The first-order valence-electron chi connectivity index (χ1n) is 6.91. The van der Waals surface area contributed by atoms with Gasteiger partial charge in [0.05, 0.1) is 5.01 Å². The van der Waals surface area contributed by atoms with E-state index in [-0.39, 0.29) is 18.3 Å². The molecule has 1 aliphatic heterocycles. The molecule has 0 spiro atoms. The lowest BCUT2D eigenvalue weighted by Crippen LogP contribution is -2.39. The van der Waals surface area contributed by atoms with Crippen molar-refractivity contribution < 1.29 is 19.8 Å². The van der Waals surface area contributed by atoms with Gasteiger partial charge in [0.25, 0.3) is 0 Å². The molecule has 7 nitrogen and oxygen atoms in total. The number of nitrogens with one attached hydrogen (secondary N) is 1. The number of rotatable bonds is 6. The highest BCUT2D eigenvalue weighted by atomic mass is 32.1. The van der Waals surface area contributed by atoms with E-state index >= 15 is 0 Å². The van der Waals surface area contributed by atoms with Crippen LogP contribution in [0.15, 0.2) is 5.38 Å². The number of carbonyl (C=O) groups is 2. The molecule has 8 heteroatoms. The standard InChI is InChI=1S/C13H19N3O4S/c17-6-3-9-2-5-16(7-9)13(20)14-4-1-11-15-10(8-21-11)12(18)19/h8-9,17H,1-7H2,(H,14,20)(H,18,19). The lowest BCUT2D eigenvalue weighted by atomic mass is 10.1. The van der Waals surface area contributed by atoms with Crippen molar-refractivity contribution in [3.05, 3.63) is 16.1 Å². The molecular formula is C13H19N3O4S. The average molecular weight is 313 g/mol. The number of thiazole rings is 1. The molecule has 116 valence electrons. The maximum absolute atomic E-state index is 11.9. The summed E-state index contributed by atoms with van der Waals surface area (Å²) in [5.41, 5.74) is 0.0488. The molecule has 1 aromatic heterocycles. The predicted molar refractivity (Wildman–Crippen MR) is 77.6 cm³/mol. The molecule has 0 radical (unpaired) electrons. The van der Waals surface area contributed by atoms with Crippen LogP contribution < -0.4 is 5.32 Å². The normalized spacial score (nSPS) is 18.0. The monoisotopic (exact) mass is 313 g/mol. The van der Waals surface area contributed by atoms with Crippen LogP contribution in [0.25, 0.3) is 0 Å². The van der Waals surface area contributed by atoms with Crippen LogP contribution >= 0.6 is 11.3 Å². The van der Waals surface area contributed by atoms with E-state index in [2.05, 4.69) is 10.3 Å². The van der Waals surface area contributed by atoms with E-state index in [0.717, 1.165) is 19.4 Å². The summed E-state index contributed by atoms with van der Waals surface area (Å²) in [5, 5.41) is 22.7. The molecule has 1 aromatic rings. The summed E-state index contributed by atoms with van der Waals surface area (Å²) in [6, 6.07) is -0.106. The van der Waals surface area contributed by atoms with Gasteiger partial charge in [0, 0.05) is 38.0 Å². The molecule has 21 heavy (non-hydrogen) atoms. The van der Waals surface area contributed by atoms with Crippen molar-refractivity contribution in [2.24, 2.45) is 5.92 Å². The molecule has 2 amide bonds. The summed E-state index contributed by atoms with van der Waals surface area (Å²) >= 11 is 1.28. The van der Waals surface area contributed by atoms with Crippen molar-refractivity contribution in [1.82, 2.24) is 15.2 Å². The number of carbonyl (C=O) groups excluding carboxylic acids is 1. The van der Waals surface area contributed by atoms with Gasteiger partial charge in [-0.2, -0.15) is 0 Å². The van der Waals surface area contributed by atoms with E-state index in [1.165, 1.54) is 16.7 Å². The van der Waals surface area contributed by atoms with Crippen molar-refractivity contribution in [2.75, 3.05) is 26.2 Å². The number of carboxylic acid groups (broad SMARTS) is 1. The van der Waals surface area contributed by atoms with E-state index in [1.807, 2.05) is 0 Å². The van der Waals surface area contributed by atoms with Crippen molar-refractivity contribution in [2.45, 2.75) is 19.3 Å². The van der Waals surface area contributed by atoms with Gasteiger partial charge in [0.15, 0.2) is 5.69 Å². The quantitative estimate of drug-likeness (QED) is 0.721. The fraction of sp³-hybridized carbons (Fsp3) is 0.615. The van der Waals surface area contributed by atoms with Crippen molar-refractivity contribution in [3.63, 3.8) is 0 Å². The number of carboxylic acids is 1. The molecule has 1 fully saturated rings. The fourth-order valence-corrected chi connectivity index (χ4v) is 3.12. The third-order valence-electron chi connectivity index (χ3n) is 3.50. The first-order valence-corrected chi connectivity index (χ1v) is 7.79. The Kier molecular flexibility index (Phi) is 5.51. The van der Waals surface area contributed by atoms with Crippen molar-refractivity contribution in [1.29, 1.82) is 0 Å². The minimum Gasteiger partial charge on any atom is -0.476 e. The van der Waals surface area contributed by atoms with Crippen LogP contribution in [0.5, 0.6) is 0 Å². The van der Waals surface area contributed by atoms with Crippen LogP contribution in [0.2, 0.25) is 0 Å². The Labute approximate surface area is 126 Å². The zero-order valence-corrected chi connectivity index (χ0v) is 12.4. The van der Waals surface area contributed by atoms with Crippen LogP contribution in [0, 0.1) is 5.92 Å². The van der Waals surface area contributed by atoms with Gasteiger partial charge in [-0.3, -0.25) is 0 Å². The molecule has 1 aliphatic rings. The Hall–Kier alpha value is -1.67. The first-order chi connectivity index (χ1) is 10.1. The molecule has 0 aromatic carbocycles. The zero-order valence-electron chi connectivity index (χ0n) is 11.6. The summed E-state index contributed by atoms with van der Waals surface area (Å²) in [6.07, 6.45) is 2.20. The van der Waals surface area contributed by atoms with Crippen LogP contribution in [0.4, 0.5) is 4.79 Å². The highest BCUT2D eigenvalue weighted by Crippen LogP contribution is 2.19. The lowest BCUT2D eigenvalue weighted by Gasteiger charge is -2.17. The second-order valence-electron chi connectivity index (χ2n) is 5.03. The van der Waals surface area contributed by atoms with E-state index in [1.54, 1.807) is 4.90 Å². The van der Waals surface area contributed by atoms with Crippen LogP contribution in [0.3, 0.4) is 0 Å². The maximum Gasteiger partial charge on any atom is 0.355 e. The van der Waals surface area contributed by atoms with E-state index in [9.17, 15) is 9.59 Å². The van der Waals surface area contributed by atoms with E-state index in [4.69, 9.17) is 10.2 Å². The summed E-state index contributed by atoms with van der Waals surface area (Å²) in [6.45, 7) is 2.01. The van der Waals surface area contributed by atoms with Gasteiger partial charge < -0.3 is 20.4 Å². The molecule has 1 unspecified atom stereocenters. The number of aliphatic hydroxyl groups excluding tert-OH is 1. The molecule has 1 atom stereocenters. The number of urea groups is 1. The largest absolute Gasteiger partial charge is 0.476 e. The fourth-order valence-electron chi connectivity index (χ4n) is 2.35. The van der Waals surface area contributed by atoms with Gasteiger partial charge in [-0.25, -0.2) is 14.6 Å². The number of amides is 2. The SMILES string of the molecule is O=C(O)c1csc(CCNC(=O)N2CCC(CCO)C2)n1. The number of hydrogen-bond acceptors (Lipinski definition) is 5. The second-order valence-corrected chi connectivity index (χ2v) is 5.97. The Bertz CT molecular complexity index is 505. The Morgan fingerprint density at radius 3 is 3.00 bits per heavy atom. The molecule has 0 aliphatic carbocycles. The smallest absolute Gasteiger partial charge is 0.355 e. The molecule has 0 bridgehead atoms. The molecule has 1 saturated heterocycles. The third-order valence-corrected chi connectivity index (χ3v) is 4.40. The van der Waals surface area contributed by atoms with Gasteiger partial charge in [0.1, 0.15) is 0 Å². The summed E-state index contributed by atoms with van der Waals surface area (Å²) in [7, 11) is 0. The summed E-state index contributed by atoms with van der Waals surface area (Å²) in [5.74, 6) is -0.647. The third kappa shape index (κ3) is 4.40. The Morgan fingerprint density at radius 1 is 1.52 bits per heavy atom. The minimum absolute atomic E-state index is 0.0488. The lowest BCUT2D eigenvalue weighted by molar-refractivity contribution is 0.0691. The molecular weight excluding hydrogens is 294 g/mol. The maximum atomic E-state index is 11.9. The topological polar surface area (TPSA) is 103 Å². The number of aromatic nitrogens is 1. The summed E-state index contributed by atoms with van der Waals surface area (Å²) in [4.78, 5) is 28.4. The first kappa shape index (κ1) is 15.7. The Morgan fingerprint density at radius 2 is 2.33 bits per heavy atom. The number of nitrogens with zero attached hydrogens (tertiary/aromatic N) is 2. The van der Waals surface area contributed by atoms with Crippen molar-refractivity contribution >= 4 is 23.3 Å². The summed E-state index contributed by atoms with van der Waals surface area (Å²) < 4.78 is 0. The van der Waals surface area contributed by atoms with Gasteiger partial charge in [-0.1, -0.05) is 0 Å². The second kappa shape index (κ2) is 7.37. The van der Waals surface area contributed by atoms with Crippen molar-refractivity contribution in [3.8, 4) is 0 Å². The van der Waals surface area contributed by atoms with Gasteiger partial charge in [0.2, 0.25) is 0 Å². The highest BCUT2D eigenvalue weighted by Gasteiger charge is 2.25. The predicted octanol–water partition coefficient (Wildman–Crippen LogP) is 0.798. The van der Waals surface area contributed by atoms with Crippen LogP contribution in [0.1, 0.15) is 28.3 Å². The van der Waals surface area contributed by atoms with E-state index < -0.39 is 5.97 Å². The number of aliphatic hydroxyl groups is 1. The highest BCUT2D eigenvalue weighted by molar-refractivity contribution is 7.09.